The highest BCUT2D eigenvalue weighted by atomic mass is 16.5. The fourth-order valence-electron chi connectivity index (χ4n) is 3.13. The molecule has 5 nitrogen and oxygen atoms in total. The number of ether oxygens (including phenoxy) is 1. The van der Waals surface area contributed by atoms with Crippen LogP contribution in [0.1, 0.15) is 41.6 Å². The minimum Gasteiger partial charge on any atom is -0.496 e. The summed E-state index contributed by atoms with van der Waals surface area (Å²) in [7, 11) is 1.62. The first-order valence-corrected chi connectivity index (χ1v) is 9.31. The van der Waals surface area contributed by atoms with Crippen LogP contribution in [0.2, 0.25) is 0 Å². The summed E-state index contributed by atoms with van der Waals surface area (Å²) < 4.78 is 5.40. The van der Waals surface area contributed by atoms with E-state index in [1.54, 1.807) is 12.0 Å². The van der Waals surface area contributed by atoms with Crippen molar-refractivity contribution in [3.05, 3.63) is 64.7 Å². The van der Waals surface area contributed by atoms with E-state index in [2.05, 4.69) is 30.4 Å². The van der Waals surface area contributed by atoms with Crippen LogP contribution in [0.5, 0.6) is 5.75 Å². The Morgan fingerprint density at radius 2 is 1.96 bits per heavy atom. The maximum Gasteiger partial charge on any atom is 0.318 e. The summed E-state index contributed by atoms with van der Waals surface area (Å²) >= 11 is 0. The molecule has 5 heteroatoms. The largest absolute Gasteiger partial charge is 0.496 e. The average Bonchev–Trinajstić information content (AvgIpc) is 2.67. The quantitative estimate of drug-likeness (QED) is 0.739. The summed E-state index contributed by atoms with van der Waals surface area (Å²) in [5.41, 5.74) is 4.37. The molecule has 1 unspecified atom stereocenters. The summed E-state index contributed by atoms with van der Waals surface area (Å²) in [5, 5.41) is 12.3. The van der Waals surface area contributed by atoms with E-state index in [1.165, 1.54) is 5.56 Å². The first-order valence-electron chi connectivity index (χ1n) is 9.31. The van der Waals surface area contributed by atoms with Crippen molar-refractivity contribution in [3.8, 4) is 5.75 Å². The van der Waals surface area contributed by atoms with Gasteiger partial charge in [0.2, 0.25) is 0 Å². The summed E-state index contributed by atoms with van der Waals surface area (Å²) in [4.78, 5) is 14.6. The molecular weight excluding hydrogens is 340 g/mol. The highest BCUT2D eigenvalue weighted by Gasteiger charge is 2.19. The molecule has 0 aliphatic heterocycles. The molecule has 0 spiro atoms. The predicted octanol–water partition coefficient (Wildman–Crippen LogP) is 3.97. The molecule has 2 amide bonds. The molecule has 2 N–H and O–H groups in total. The summed E-state index contributed by atoms with van der Waals surface area (Å²) in [6, 6.07) is 13.7. The maximum absolute atomic E-state index is 12.9. The lowest BCUT2D eigenvalue weighted by atomic mass is 10.00. The van der Waals surface area contributed by atoms with Gasteiger partial charge in [0, 0.05) is 18.7 Å². The van der Waals surface area contributed by atoms with Gasteiger partial charge < -0.3 is 20.1 Å². The summed E-state index contributed by atoms with van der Waals surface area (Å²) in [6.07, 6.45) is 0.528. The van der Waals surface area contributed by atoms with E-state index in [0.29, 0.717) is 19.5 Å². The molecule has 0 heterocycles. The van der Waals surface area contributed by atoms with Crippen LogP contribution in [0.3, 0.4) is 0 Å². The highest BCUT2D eigenvalue weighted by Crippen LogP contribution is 2.21. The van der Waals surface area contributed by atoms with Crippen LogP contribution >= 0.6 is 0 Å². The Balaban J connectivity index is 2.15. The van der Waals surface area contributed by atoms with Gasteiger partial charge in [-0.1, -0.05) is 42.0 Å². The maximum atomic E-state index is 12.9. The van der Waals surface area contributed by atoms with Crippen molar-refractivity contribution in [2.24, 2.45) is 0 Å². The van der Waals surface area contributed by atoms with Crippen LogP contribution < -0.4 is 10.1 Å². The number of nitrogens with one attached hydrogen (secondary N) is 1. The first-order chi connectivity index (χ1) is 13.0. The summed E-state index contributed by atoms with van der Waals surface area (Å²) in [5.74, 6) is 0.752. The van der Waals surface area contributed by atoms with Crippen LogP contribution in [0, 0.1) is 13.8 Å². The Labute approximate surface area is 162 Å². The lowest BCUT2D eigenvalue weighted by molar-refractivity contribution is 0.183. The predicted molar refractivity (Wildman–Crippen MR) is 108 cm³/mol. The van der Waals surface area contributed by atoms with Crippen LogP contribution in [-0.2, 0) is 6.54 Å². The number of methoxy groups -OCH3 is 1. The zero-order valence-corrected chi connectivity index (χ0v) is 16.7. The fourth-order valence-corrected chi connectivity index (χ4v) is 3.13. The van der Waals surface area contributed by atoms with Crippen molar-refractivity contribution < 1.29 is 14.6 Å². The number of hydrogen-bond acceptors (Lipinski definition) is 3. The third-order valence-electron chi connectivity index (χ3n) is 4.67. The Morgan fingerprint density at radius 3 is 2.67 bits per heavy atom. The summed E-state index contributed by atoms with van der Waals surface area (Å²) in [6.45, 7) is 7.03. The number of aryl methyl sites for hydroxylation is 2. The number of para-hydroxylation sites is 1. The molecule has 146 valence electrons. The van der Waals surface area contributed by atoms with Crippen molar-refractivity contribution in [1.82, 2.24) is 10.2 Å². The van der Waals surface area contributed by atoms with Gasteiger partial charge in [-0.25, -0.2) is 4.79 Å². The average molecular weight is 370 g/mol. The fraction of sp³-hybridized carbons (Fsp3) is 0.409. The number of rotatable bonds is 8. The highest BCUT2D eigenvalue weighted by molar-refractivity contribution is 5.75. The van der Waals surface area contributed by atoms with Gasteiger partial charge in [0.1, 0.15) is 5.75 Å². The van der Waals surface area contributed by atoms with Crippen molar-refractivity contribution in [1.29, 1.82) is 0 Å². The molecule has 2 rings (SSSR count). The number of benzene rings is 2. The number of carbonyl (C=O) groups excluding carboxylic acids is 1. The number of urea groups is 1. The van der Waals surface area contributed by atoms with E-state index < -0.39 is 0 Å². The molecule has 0 saturated carbocycles. The van der Waals surface area contributed by atoms with E-state index in [-0.39, 0.29) is 18.7 Å². The van der Waals surface area contributed by atoms with E-state index >= 15 is 0 Å². The minimum absolute atomic E-state index is 0.0439. The molecule has 0 saturated heterocycles. The molecule has 0 aliphatic carbocycles. The van der Waals surface area contributed by atoms with Gasteiger partial charge in [-0.3, -0.25) is 0 Å². The van der Waals surface area contributed by atoms with E-state index in [9.17, 15) is 9.90 Å². The normalized spacial score (nSPS) is 11.7. The number of aliphatic hydroxyl groups excluding tert-OH is 1. The number of carbonyl (C=O) groups is 1. The molecule has 0 aliphatic rings. The van der Waals surface area contributed by atoms with Gasteiger partial charge in [0.05, 0.1) is 19.7 Å². The lowest BCUT2D eigenvalue weighted by Gasteiger charge is -2.26. The number of aliphatic hydroxyl groups is 1. The monoisotopic (exact) mass is 370 g/mol. The standard InChI is InChI=1S/C22H30N2O3/c1-16-10-11-17(2)20(14-16)18(3)23-22(26)24(12-7-13-25)15-19-8-5-6-9-21(19)27-4/h5-6,8-11,14,18,25H,7,12-13,15H2,1-4H3,(H,23,26). The number of nitrogens with zero attached hydrogens (tertiary/aromatic N) is 1. The van der Waals surface area contributed by atoms with Gasteiger partial charge in [-0.2, -0.15) is 0 Å². The first kappa shape index (κ1) is 20.8. The second-order valence-electron chi connectivity index (χ2n) is 6.84. The van der Waals surface area contributed by atoms with Crippen LogP contribution in [0.15, 0.2) is 42.5 Å². The van der Waals surface area contributed by atoms with Crippen molar-refractivity contribution in [2.75, 3.05) is 20.3 Å². The minimum atomic E-state index is -0.150. The number of amides is 2. The van der Waals surface area contributed by atoms with Gasteiger partial charge in [0.25, 0.3) is 0 Å². The number of hydrogen-bond donors (Lipinski definition) is 2. The van der Waals surface area contributed by atoms with Crippen molar-refractivity contribution in [3.63, 3.8) is 0 Å². The van der Waals surface area contributed by atoms with Crippen molar-refractivity contribution >= 4 is 6.03 Å². The van der Waals surface area contributed by atoms with Crippen LogP contribution in [0.4, 0.5) is 4.79 Å². The molecule has 2 aromatic rings. The SMILES string of the molecule is COc1ccccc1CN(CCCO)C(=O)NC(C)c1cc(C)ccc1C. The molecule has 0 fully saturated rings. The molecule has 0 bridgehead atoms. The van der Waals surface area contributed by atoms with Crippen LogP contribution in [-0.4, -0.2) is 36.3 Å². The van der Waals surface area contributed by atoms with Gasteiger partial charge in [-0.15, -0.1) is 0 Å². The Bertz CT molecular complexity index is 761. The lowest BCUT2D eigenvalue weighted by Crippen LogP contribution is -2.41. The second kappa shape index (κ2) is 9.97. The molecule has 27 heavy (non-hydrogen) atoms. The van der Waals surface area contributed by atoms with Gasteiger partial charge in [0.15, 0.2) is 0 Å². The molecular formula is C22H30N2O3. The van der Waals surface area contributed by atoms with E-state index in [4.69, 9.17) is 4.74 Å². The zero-order valence-electron chi connectivity index (χ0n) is 16.7. The zero-order chi connectivity index (χ0) is 19.8. The van der Waals surface area contributed by atoms with Crippen LogP contribution in [0.25, 0.3) is 0 Å². The molecule has 1 atom stereocenters. The molecule has 0 radical (unpaired) electrons. The topological polar surface area (TPSA) is 61.8 Å². The second-order valence-corrected chi connectivity index (χ2v) is 6.84. The van der Waals surface area contributed by atoms with Gasteiger partial charge >= 0.3 is 6.03 Å². The van der Waals surface area contributed by atoms with E-state index in [1.807, 2.05) is 38.1 Å². The smallest absolute Gasteiger partial charge is 0.318 e. The Kier molecular flexibility index (Phi) is 7.67. The van der Waals surface area contributed by atoms with Gasteiger partial charge in [-0.05, 0) is 44.4 Å². The molecule has 2 aromatic carbocycles. The van der Waals surface area contributed by atoms with Crippen molar-refractivity contribution in [2.45, 2.75) is 39.8 Å². The Hall–Kier alpha value is -2.53. The third-order valence-corrected chi connectivity index (χ3v) is 4.67. The third kappa shape index (κ3) is 5.73. The van der Waals surface area contributed by atoms with E-state index in [0.717, 1.165) is 22.4 Å². The molecule has 0 aromatic heterocycles. The Morgan fingerprint density at radius 1 is 1.22 bits per heavy atom.